The molecular weight excluding hydrogens is 332 g/mol. The average molecular weight is 350 g/mol. The van der Waals surface area contributed by atoms with E-state index in [4.69, 9.17) is 4.42 Å². The molecule has 0 aliphatic heterocycles. The number of amides is 1. The fourth-order valence-electron chi connectivity index (χ4n) is 3.10. The van der Waals surface area contributed by atoms with Gasteiger partial charge < -0.3 is 9.73 Å². The van der Waals surface area contributed by atoms with E-state index in [1.54, 1.807) is 11.4 Å². The number of aromatic nitrogens is 5. The van der Waals surface area contributed by atoms with Gasteiger partial charge in [0.15, 0.2) is 11.5 Å². The van der Waals surface area contributed by atoms with Crippen molar-refractivity contribution >= 4 is 28.5 Å². The zero-order chi connectivity index (χ0) is 18.3. The van der Waals surface area contributed by atoms with Crippen molar-refractivity contribution in [2.24, 2.45) is 0 Å². The summed E-state index contributed by atoms with van der Waals surface area (Å²) in [6.07, 6.45) is 2.41. The van der Waals surface area contributed by atoms with Crippen LogP contribution in [0.4, 0.5) is 5.69 Å². The Bertz CT molecular complexity index is 1130. The molecular formula is C18H18N6O2. The van der Waals surface area contributed by atoms with Crippen LogP contribution in [-0.4, -0.2) is 30.5 Å². The van der Waals surface area contributed by atoms with E-state index in [-0.39, 0.29) is 5.91 Å². The van der Waals surface area contributed by atoms with E-state index in [2.05, 4.69) is 25.4 Å². The maximum absolute atomic E-state index is 12.4. The SMILES string of the molecule is Cc1nc2cc(NC(=O)CCc3c(C)nc4ncnn4c3C)ccc2o1. The molecule has 0 aliphatic rings. The third kappa shape index (κ3) is 2.90. The van der Waals surface area contributed by atoms with Crippen LogP contribution in [0.1, 0.15) is 29.3 Å². The monoisotopic (exact) mass is 350 g/mol. The highest BCUT2D eigenvalue weighted by molar-refractivity contribution is 5.92. The molecule has 4 aromatic rings. The number of carbonyl (C=O) groups excluding carboxylic acids is 1. The summed E-state index contributed by atoms with van der Waals surface area (Å²) < 4.78 is 7.14. The summed E-state index contributed by atoms with van der Waals surface area (Å²) in [5.41, 5.74) is 4.98. The van der Waals surface area contributed by atoms with Crippen molar-refractivity contribution in [2.45, 2.75) is 33.6 Å². The Labute approximate surface area is 149 Å². The number of carbonyl (C=O) groups is 1. The number of anilines is 1. The number of benzene rings is 1. The number of hydrogen-bond donors (Lipinski definition) is 1. The van der Waals surface area contributed by atoms with Crippen LogP contribution in [0.3, 0.4) is 0 Å². The Hall–Kier alpha value is -3.29. The van der Waals surface area contributed by atoms with E-state index in [0.29, 0.717) is 35.8 Å². The van der Waals surface area contributed by atoms with Gasteiger partial charge in [-0.15, -0.1) is 0 Å². The van der Waals surface area contributed by atoms with Crippen molar-refractivity contribution in [1.82, 2.24) is 24.6 Å². The smallest absolute Gasteiger partial charge is 0.252 e. The van der Waals surface area contributed by atoms with Crippen LogP contribution in [0.5, 0.6) is 0 Å². The van der Waals surface area contributed by atoms with Gasteiger partial charge in [-0.2, -0.15) is 10.1 Å². The number of oxazole rings is 1. The molecule has 1 amide bonds. The number of nitrogens with one attached hydrogen (secondary N) is 1. The minimum atomic E-state index is -0.0675. The molecule has 0 atom stereocenters. The van der Waals surface area contributed by atoms with Crippen molar-refractivity contribution in [3.63, 3.8) is 0 Å². The minimum Gasteiger partial charge on any atom is -0.441 e. The Morgan fingerprint density at radius 1 is 1.23 bits per heavy atom. The van der Waals surface area contributed by atoms with Crippen molar-refractivity contribution < 1.29 is 9.21 Å². The second kappa shape index (κ2) is 6.21. The first kappa shape index (κ1) is 16.2. The number of fused-ring (bicyclic) bond motifs is 2. The Morgan fingerprint density at radius 3 is 2.92 bits per heavy atom. The lowest BCUT2D eigenvalue weighted by atomic mass is 10.1. The van der Waals surface area contributed by atoms with Crippen LogP contribution in [-0.2, 0) is 11.2 Å². The van der Waals surface area contributed by atoms with Gasteiger partial charge in [0.25, 0.3) is 5.78 Å². The van der Waals surface area contributed by atoms with Crippen LogP contribution in [0, 0.1) is 20.8 Å². The molecule has 132 valence electrons. The molecule has 0 unspecified atom stereocenters. The zero-order valence-electron chi connectivity index (χ0n) is 14.8. The molecule has 0 saturated heterocycles. The maximum atomic E-state index is 12.4. The molecule has 4 rings (SSSR count). The highest BCUT2D eigenvalue weighted by Crippen LogP contribution is 2.20. The van der Waals surface area contributed by atoms with Crippen LogP contribution in [0.2, 0.25) is 0 Å². The molecule has 0 aliphatic carbocycles. The van der Waals surface area contributed by atoms with Crippen LogP contribution in [0.15, 0.2) is 28.9 Å². The lowest BCUT2D eigenvalue weighted by Crippen LogP contribution is -2.14. The molecule has 1 aromatic carbocycles. The normalized spacial score (nSPS) is 11.3. The third-order valence-electron chi connectivity index (χ3n) is 4.37. The van der Waals surface area contributed by atoms with Gasteiger partial charge in [0, 0.05) is 30.4 Å². The van der Waals surface area contributed by atoms with E-state index < -0.39 is 0 Å². The van der Waals surface area contributed by atoms with Crippen molar-refractivity contribution in [2.75, 3.05) is 5.32 Å². The molecule has 26 heavy (non-hydrogen) atoms. The average Bonchev–Trinajstić information content (AvgIpc) is 3.19. The standard InChI is InChI=1S/C18H18N6O2/c1-10-14(11(2)24-18(21-10)19-9-20-24)5-7-17(25)23-13-4-6-16-15(8-13)22-12(3)26-16/h4,6,8-9H,5,7H2,1-3H3,(H,23,25). The molecule has 0 fully saturated rings. The molecule has 8 nitrogen and oxygen atoms in total. The number of rotatable bonds is 4. The first-order valence-electron chi connectivity index (χ1n) is 8.34. The molecule has 0 radical (unpaired) electrons. The summed E-state index contributed by atoms with van der Waals surface area (Å²) in [5.74, 6) is 1.11. The van der Waals surface area contributed by atoms with E-state index in [0.717, 1.165) is 22.5 Å². The van der Waals surface area contributed by atoms with Gasteiger partial charge in [0.2, 0.25) is 5.91 Å². The summed E-state index contributed by atoms with van der Waals surface area (Å²) >= 11 is 0. The fourth-order valence-corrected chi connectivity index (χ4v) is 3.10. The van der Waals surface area contributed by atoms with Gasteiger partial charge in [-0.3, -0.25) is 4.79 Å². The van der Waals surface area contributed by atoms with Crippen molar-refractivity contribution in [3.8, 4) is 0 Å². The van der Waals surface area contributed by atoms with Crippen molar-refractivity contribution in [3.05, 3.63) is 47.4 Å². The summed E-state index contributed by atoms with van der Waals surface area (Å²) in [7, 11) is 0. The minimum absolute atomic E-state index is 0.0675. The van der Waals surface area contributed by atoms with Gasteiger partial charge in [-0.05, 0) is 44.0 Å². The Balaban J connectivity index is 1.48. The number of aryl methyl sites for hydroxylation is 3. The molecule has 0 bridgehead atoms. The largest absolute Gasteiger partial charge is 0.441 e. The molecule has 3 aromatic heterocycles. The number of nitrogens with zero attached hydrogens (tertiary/aromatic N) is 5. The molecule has 1 N–H and O–H groups in total. The van der Waals surface area contributed by atoms with E-state index in [1.165, 1.54) is 6.33 Å². The summed E-state index contributed by atoms with van der Waals surface area (Å²) in [5, 5.41) is 7.08. The predicted molar refractivity (Wildman–Crippen MR) is 96.0 cm³/mol. The van der Waals surface area contributed by atoms with Crippen LogP contribution < -0.4 is 5.32 Å². The lowest BCUT2D eigenvalue weighted by molar-refractivity contribution is -0.116. The Morgan fingerprint density at radius 2 is 2.08 bits per heavy atom. The van der Waals surface area contributed by atoms with Gasteiger partial charge in [-0.25, -0.2) is 14.5 Å². The predicted octanol–water partition coefficient (Wildman–Crippen LogP) is 2.76. The van der Waals surface area contributed by atoms with Gasteiger partial charge in [0.1, 0.15) is 11.8 Å². The summed E-state index contributed by atoms with van der Waals surface area (Å²) in [6, 6.07) is 5.43. The number of hydrogen-bond acceptors (Lipinski definition) is 6. The zero-order valence-corrected chi connectivity index (χ0v) is 14.8. The molecule has 0 saturated carbocycles. The lowest BCUT2D eigenvalue weighted by Gasteiger charge is -2.10. The van der Waals surface area contributed by atoms with E-state index >= 15 is 0 Å². The summed E-state index contributed by atoms with van der Waals surface area (Å²) in [6.45, 7) is 5.68. The first-order chi connectivity index (χ1) is 12.5. The summed E-state index contributed by atoms with van der Waals surface area (Å²) in [4.78, 5) is 25.2. The van der Waals surface area contributed by atoms with Gasteiger partial charge in [-0.1, -0.05) is 0 Å². The van der Waals surface area contributed by atoms with E-state index in [1.807, 2.05) is 32.0 Å². The van der Waals surface area contributed by atoms with Gasteiger partial charge in [0.05, 0.1) is 0 Å². The Kier molecular flexibility index (Phi) is 3.87. The third-order valence-corrected chi connectivity index (χ3v) is 4.37. The molecule has 0 spiro atoms. The second-order valence-electron chi connectivity index (χ2n) is 6.20. The molecule has 3 heterocycles. The van der Waals surface area contributed by atoms with E-state index in [9.17, 15) is 4.79 Å². The quantitative estimate of drug-likeness (QED) is 0.608. The topological polar surface area (TPSA) is 98.2 Å². The second-order valence-corrected chi connectivity index (χ2v) is 6.20. The highest BCUT2D eigenvalue weighted by atomic mass is 16.3. The fraction of sp³-hybridized carbons (Fsp3) is 0.278. The van der Waals surface area contributed by atoms with Crippen molar-refractivity contribution in [1.29, 1.82) is 0 Å². The van der Waals surface area contributed by atoms with Crippen LogP contribution >= 0.6 is 0 Å². The maximum Gasteiger partial charge on any atom is 0.252 e. The van der Waals surface area contributed by atoms with Crippen LogP contribution in [0.25, 0.3) is 16.9 Å². The molecule has 8 heteroatoms. The van der Waals surface area contributed by atoms with Gasteiger partial charge >= 0.3 is 0 Å². The first-order valence-corrected chi connectivity index (χ1v) is 8.34. The highest BCUT2D eigenvalue weighted by Gasteiger charge is 2.13.